The van der Waals surface area contributed by atoms with Gasteiger partial charge in [-0.3, -0.25) is 9.59 Å². The Hall–Kier alpha value is -0.880. The Balaban J connectivity index is 2.01. The molecule has 0 aromatic heterocycles. The number of carbonyl (C=O) groups excluding carboxylic acids is 2. The van der Waals surface area contributed by atoms with Crippen molar-refractivity contribution in [1.82, 2.24) is 10.2 Å². The van der Waals surface area contributed by atoms with E-state index in [-0.39, 0.29) is 11.8 Å². The minimum absolute atomic E-state index is 0.00934. The summed E-state index contributed by atoms with van der Waals surface area (Å²) in [5.41, 5.74) is 0.521. The van der Waals surface area contributed by atoms with Gasteiger partial charge in [-0.15, -0.1) is 0 Å². The number of rotatable bonds is 3. The first-order valence-corrected chi connectivity index (χ1v) is 8.12. The summed E-state index contributed by atoms with van der Waals surface area (Å²) in [4.78, 5) is 26.1. The zero-order valence-electron chi connectivity index (χ0n) is 11.2. The minimum Gasteiger partial charge on any atom is -0.341 e. The van der Waals surface area contributed by atoms with E-state index in [1.807, 2.05) is 11.0 Å². The number of amides is 2. The number of hydrogen-bond donors (Lipinski definition) is 1. The van der Waals surface area contributed by atoms with Crippen molar-refractivity contribution in [2.24, 2.45) is 0 Å². The van der Waals surface area contributed by atoms with E-state index >= 15 is 0 Å². The van der Waals surface area contributed by atoms with Gasteiger partial charge in [0.05, 0.1) is 0 Å². The molecule has 1 aliphatic heterocycles. The first-order valence-electron chi connectivity index (χ1n) is 6.53. The molecule has 4 nitrogen and oxygen atoms in total. The molecule has 1 N–H and O–H groups in total. The molecule has 2 rings (SSSR count). The van der Waals surface area contributed by atoms with Gasteiger partial charge >= 0.3 is 0 Å². The molecule has 1 aromatic carbocycles. The Morgan fingerprint density at radius 2 is 1.70 bits per heavy atom. The van der Waals surface area contributed by atoms with Crippen molar-refractivity contribution in [2.75, 3.05) is 13.1 Å². The summed E-state index contributed by atoms with van der Waals surface area (Å²) in [5.74, 6) is -0.253. The SMILES string of the molecule is CC(NC(=O)c1cc(Br)cc(Br)c1)C(=O)N1CCCC1. The van der Waals surface area contributed by atoms with Gasteiger partial charge in [-0.05, 0) is 38.0 Å². The number of benzene rings is 1. The lowest BCUT2D eigenvalue weighted by Crippen LogP contribution is -2.45. The third kappa shape index (κ3) is 3.82. The van der Waals surface area contributed by atoms with Gasteiger partial charge in [0.1, 0.15) is 6.04 Å². The minimum atomic E-state index is -0.502. The summed E-state index contributed by atoms with van der Waals surface area (Å²) < 4.78 is 1.63. The number of hydrogen-bond acceptors (Lipinski definition) is 2. The Kier molecular flexibility index (Phi) is 5.21. The molecule has 0 spiro atoms. The van der Waals surface area contributed by atoms with Gasteiger partial charge in [0, 0.05) is 27.6 Å². The van der Waals surface area contributed by atoms with Gasteiger partial charge in [0.2, 0.25) is 5.91 Å². The molecule has 0 saturated carbocycles. The van der Waals surface area contributed by atoms with Crippen LogP contribution in [0.3, 0.4) is 0 Å². The van der Waals surface area contributed by atoms with E-state index in [1.165, 1.54) is 0 Å². The molecule has 1 unspecified atom stereocenters. The van der Waals surface area contributed by atoms with Crippen molar-refractivity contribution < 1.29 is 9.59 Å². The van der Waals surface area contributed by atoms with E-state index in [0.29, 0.717) is 5.56 Å². The summed E-state index contributed by atoms with van der Waals surface area (Å²) in [5, 5.41) is 2.76. The lowest BCUT2D eigenvalue weighted by molar-refractivity contribution is -0.131. The number of nitrogens with zero attached hydrogens (tertiary/aromatic N) is 1. The summed E-state index contributed by atoms with van der Waals surface area (Å²) in [6.45, 7) is 3.31. The Morgan fingerprint density at radius 1 is 1.15 bits per heavy atom. The van der Waals surface area contributed by atoms with Crippen LogP contribution >= 0.6 is 31.9 Å². The molecule has 1 aliphatic rings. The summed E-state index contributed by atoms with van der Waals surface area (Å²) in [6.07, 6.45) is 2.09. The van der Waals surface area contributed by atoms with E-state index in [9.17, 15) is 9.59 Å². The largest absolute Gasteiger partial charge is 0.341 e. The highest BCUT2D eigenvalue weighted by Crippen LogP contribution is 2.20. The number of likely N-dealkylation sites (tertiary alicyclic amines) is 1. The number of halogens is 2. The van der Waals surface area contributed by atoms with Crippen LogP contribution in [0.15, 0.2) is 27.1 Å². The topological polar surface area (TPSA) is 49.4 Å². The third-order valence-corrected chi connectivity index (χ3v) is 4.18. The molecule has 0 bridgehead atoms. The van der Waals surface area contributed by atoms with E-state index in [4.69, 9.17) is 0 Å². The lowest BCUT2D eigenvalue weighted by Gasteiger charge is -2.21. The maximum absolute atomic E-state index is 12.2. The molecule has 0 radical (unpaired) electrons. The standard InChI is InChI=1S/C14H16Br2N2O2/c1-9(14(20)18-4-2-3-5-18)17-13(19)10-6-11(15)8-12(16)7-10/h6-9H,2-5H2,1H3,(H,17,19). The van der Waals surface area contributed by atoms with Crippen LogP contribution in [0.1, 0.15) is 30.1 Å². The van der Waals surface area contributed by atoms with Crippen molar-refractivity contribution in [3.63, 3.8) is 0 Å². The van der Waals surface area contributed by atoms with Crippen LogP contribution in [0.25, 0.3) is 0 Å². The molecule has 108 valence electrons. The second-order valence-electron chi connectivity index (χ2n) is 4.89. The molecule has 6 heteroatoms. The van der Waals surface area contributed by atoms with Gasteiger partial charge in [0.25, 0.3) is 5.91 Å². The predicted octanol–water partition coefficient (Wildman–Crippen LogP) is 2.95. The van der Waals surface area contributed by atoms with Gasteiger partial charge in [-0.2, -0.15) is 0 Å². The fraction of sp³-hybridized carbons (Fsp3) is 0.429. The maximum Gasteiger partial charge on any atom is 0.251 e. The second-order valence-corrected chi connectivity index (χ2v) is 6.72. The smallest absolute Gasteiger partial charge is 0.251 e. The van der Waals surface area contributed by atoms with Crippen LogP contribution < -0.4 is 5.32 Å². The van der Waals surface area contributed by atoms with Gasteiger partial charge < -0.3 is 10.2 Å². The lowest BCUT2D eigenvalue weighted by atomic mass is 10.2. The van der Waals surface area contributed by atoms with E-state index < -0.39 is 6.04 Å². The van der Waals surface area contributed by atoms with Crippen LogP contribution in [0, 0.1) is 0 Å². The van der Waals surface area contributed by atoms with E-state index in [0.717, 1.165) is 34.9 Å². The van der Waals surface area contributed by atoms with Crippen molar-refractivity contribution >= 4 is 43.7 Å². The third-order valence-electron chi connectivity index (χ3n) is 3.26. The Bertz CT molecular complexity index is 508. The fourth-order valence-corrected chi connectivity index (χ4v) is 3.53. The Labute approximate surface area is 135 Å². The first kappa shape index (κ1) is 15.5. The van der Waals surface area contributed by atoms with Crippen LogP contribution in [0.4, 0.5) is 0 Å². The normalized spacial score (nSPS) is 16.1. The predicted molar refractivity (Wildman–Crippen MR) is 84.6 cm³/mol. The molecule has 1 aromatic rings. The highest BCUT2D eigenvalue weighted by molar-refractivity contribution is 9.11. The molecule has 2 amide bonds. The summed E-state index contributed by atoms with van der Waals surface area (Å²) in [6, 6.07) is 4.81. The quantitative estimate of drug-likeness (QED) is 0.843. The molecule has 1 saturated heterocycles. The van der Waals surface area contributed by atoms with E-state index in [1.54, 1.807) is 19.1 Å². The van der Waals surface area contributed by atoms with Crippen molar-refractivity contribution in [2.45, 2.75) is 25.8 Å². The van der Waals surface area contributed by atoms with Crippen LogP contribution in [0.2, 0.25) is 0 Å². The van der Waals surface area contributed by atoms with Crippen LogP contribution in [-0.4, -0.2) is 35.8 Å². The Morgan fingerprint density at radius 3 is 2.25 bits per heavy atom. The molecule has 20 heavy (non-hydrogen) atoms. The fourth-order valence-electron chi connectivity index (χ4n) is 2.24. The van der Waals surface area contributed by atoms with Gasteiger partial charge in [-0.1, -0.05) is 31.9 Å². The molecular weight excluding hydrogens is 388 g/mol. The van der Waals surface area contributed by atoms with Crippen molar-refractivity contribution in [3.8, 4) is 0 Å². The van der Waals surface area contributed by atoms with Gasteiger partial charge in [0.15, 0.2) is 0 Å². The summed E-state index contributed by atoms with van der Waals surface area (Å²) >= 11 is 6.69. The highest BCUT2D eigenvalue weighted by Gasteiger charge is 2.24. The molecular formula is C14H16Br2N2O2. The first-order chi connectivity index (χ1) is 9.47. The average Bonchev–Trinajstić information content (AvgIpc) is 2.90. The van der Waals surface area contributed by atoms with E-state index in [2.05, 4.69) is 37.2 Å². The average molecular weight is 404 g/mol. The maximum atomic E-state index is 12.2. The zero-order valence-corrected chi connectivity index (χ0v) is 14.3. The number of carbonyl (C=O) groups is 2. The molecule has 1 fully saturated rings. The highest BCUT2D eigenvalue weighted by atomic mass is 79.9. The zero-order chi connectivity index (χ0) is 14.7. The molecule has 1 heterocycles. The molecule has 1 atom stereocenters. The van der Waals surface area contributed by atoms with Crippen LogP contribution in [0.5, 0.6) is 0 Å². The summed E-state index contributed by atoms with van der Waals surface area (Å²) in [7, 11) is 0. The van der Waals surface area contributed by atoms with Crippen molar-refractivity contribution in [3.05, 3.63) is 32.7 Å². The number of nitrogens with one attached hydrogen (secondary N) is 1. The van der Waals surface area contributed by atoms with Gasteiger partial charge in [-0.25, -0.2) is 0 Å². The van der Waals surface area contributed by atoms with Crippen molar-refractivity contribution in [1.29, 1.82) is 0 Å². The van der Waals surface area contributed by atoms with Crippen LogP contribution in [-0.2, 0) is 4.79 Å². The second kappa shape index (κ2) is 6.72. The molecule has 0 aliphatic carbocycles. The monoisotopic (exact) mass is 402 g/mol.